The van der Waals surface area contributed by atoms with E-state index in [1.54, 1.807) is 18.2 Å². The van der Waals surface area contributed by atoms with E-state index >= 15 is 0 Å². The van der Waals surface area contributed by atoms with Crippen molar-refractivity contribution in [3.8, 4) is 11.5 Å². The van der Waals surface area contributed by atoms with Crippen molar-refractivity contribution in [1.82, 2.24) is 0 Å². The molecule has 1 unspecified atom stereocenters. The molecule has 0 saturated carbocycles. The Morgan fingerprint density at radius 1 is 1.32 bits per heavy atom. The topological polar surface area (TPSA) is 65.0 Å². The molecule has 0 heterocycles. The number of rotatable bonds is 8. The number of benzene rings is 1. The Kier molecular flexibility index (Phi) is 6.32. The maximum atomic E-state index is 10.9. The monoisotopic (exact) mass is 268 g/mol. The van der Waals surface area contributed by atoms with Crippen LogP contribution in [-0.4, -0.2) is 43.9 Å². The van der Waals surface area contributed by atoms with Crippen LogP contribution in [0.3, 0.4) is 0 Å². The molecule has 0 radical (unpaired) electrons. The quantitative estimate of drug-likeness (QED) is 0.727. The molecule has 0 bridgehead atoms. The minimum atomic E-state index is -0.758. The lowest BCUT2D eigenvalue weighted by atomic mass is 10.2. The summed E-state index contributed by atoms with van der Waals surface area (Å²) >= 11 is 0. The Labute approximate surface area is 113 Å². The summed E-state index contributed by atoms with van der Waals surface area (Å²) in [4.78, 5) is 10.9. The Morgan fingerprint density at radius 3 is 2.63 bits per heavy atom. The lowest BCUT2D eigenvalue weighted by molar-refractivity contribution is -0.0126. The van der Waals surface area contributed by atoms with Crippen LogP contribution in [0.4, 0.5) is 0 Å². The summed E-state index contributed by atoms with van der Waals surface area (Å²) < 4.78 is 15.9. The highest BCUT2D eigenvalue weighted by Gasteiger charge is 2.13. The van der Waals surface area contributed by atoms with Gasteiger partial charge in [-0.05, 0) is 26.0 Å². The second-order valence-electron chi connectivity index (χ2n) is 4.34. The SMILES string of the molecule is COc1cccc(C=O)c1OCC(O)COC(C)C. The molecule has 0 fully saturated rings. The lowest BCUT2D eigenvalue weighted by Gasteiger charge is -2.16. The highest BCUT2D eigenvalue weighted by molar-refractivity contribution is 5.81. The standard InChI is InChI=1S/C14H20O5/c1-10(2)18-8-12(16)9-19-14-11(7-15)5-4-6-13(14)17-3/h4-7,10,12,16H,8-9H2,1-3H3. The van der Waals surface area contributed by atoms with E-state index in [1.165, 1.54) is 7.11 Å². The van der Waals surface area contributed by atoms with Gasteiger partial charge in [-0.2, -0.15) is 0 Å². The fourth-order valence-electron chi connectivity index (χ4n) is 1.47. The minimum absolute atomic E-state index is 0.0356. The summed E-state index contributed by atoms with van der Waals surface area (Å²) in [6, 6.07) is 5.02. The molecule has 1 N–H and O–H groups in total. The average Bonchev–Trinajstić information content (AvgIpc) is 2.42. The van der Waals surface area contributed by atoms with Crippen molar-refractivity contribution >= 4 is 6.29 Å². The molecule has 0 aliphatic heterocycles. The molecule has 106 valence electrons. The van der Waals surface area contributed by atoms with Gasteiger partial charge in [0.25, 0.3) is 0 Å². The van der Waals surface area contributed by atoms with Crippen LogP contribution in [0.2, 0.25) is 0 Å². The first-order valence-corrected chi connectivity index (χ1v) is 6.13. The molecule has 0 amide bonds. The third-order valence-corrected chi connectivity index (χ3v) is 2.40. The second-order valence-corrected chi connectivity index (χ2v) is 4.34. The smallest absolute Gasteiger partial charge is 0.171 e. The first-order chi connectivity index (χ1) is 9.08. The molecule has 19 heavy (non-hydrogen) atoms. The number of ether oxygens (including phenoxy) is 3. The van der Waals surface area contributed by atoms with E-state index in [1.807, 2.05) is 13.8 Å². The maximum Gasteiger partial charge on any atom is 0.171 e. The largest absolute Gasteiger partial charge is 0.493 e. The van der Waals surface area contributed by atoms with Gasteiger partial charge in [0.05, 0.1) is 25.4 Å². The summed E-state index contributed by atoms with van der Waals surface area (Å²) in [7, 11) is 1.50. The number of carbonyl (C=O) groups is 1. The minimum Gasteiger partial charge on any atom is -0.493 e. The molecule has 0 aliphatic carbocycles. The summed E-state index contributed by atoms with van der Waals surface area (Å²) in [5.41, 5.74) is 0.385. The maximum absolute atomic E-state index is 10.9. The normalized spacial score (nSPS) is 12.3. The third kappa shape index (κ3) is 4.89. The van der Waals surface area contributed by atoms with Crippen molar-refractivity contribution in [2.24, 2.45) is 0 Å². The van der Waals surface area contributed by atoms with Crippen molar-refractivity contribution in [1.29, 1.82) is 0 Å². The van der Waals surface area contributed by atoms with E-state index < -0.39 is 6.10 Å². The van der Waals surface area contributed by atoms with Gasteiger partial charge in [0.2, 0.25) is 0 Å². The fraction of sp³-hybridized carbons (Fsp3) is 0.500. The Morgan fingerprint density at radius 2 is 2.05 bits per heavy atom. The number of aldehydes is 1. The first kappa shape index (κ1) is 15.5. The zero-order valence-electron chi connectivity index (χ0n) is 11.5. The van der Waals surface area contributed by atoms with Crippen molar-refractivity contribution in [3.05, 3.63) is 23.8 Å². The van der Waals surface area contributed by atoms with Crippen molar-refractivity contribution in [2.45, 2.75) is 26.1 Å². The van der Waals surface area contributed by atoms with Crippen LogP contribution in [0.25, 0.3) is 0 Å². The Balaban J connectivity index is 2.63. The van der Waals surface area contributed by atoms with Gasteiger partial charge in [0.1, 0.15) is 12.7 Å². The Hall–Kier alpha value is -1.59. The Bertz CT molecular complexity index is 403. The summed E-state index contributed by atoms with van der Waals surface area (Å²) in [5.74, 6) is 0.796. The van der Waals surface area contributed by atoms with Gasteiger partial charge >= 0.3 is 0 Å². The first-order valence-electron chi connectivity index (χ1n) is 6.13. The molecule has 1 rings (SSSR count). The van der Waals surface area contributed by atoms with Crippen LogP contribution in [0.15, 0.2) is 18.2 Å². The number of para-hydroxylation sites is 1. The van der Waals surface area contributed by atoms with Gasteiger partial charge in [-0.25, -0.2) is 0 Å². The van der Waals surface area contributed by atoms with Gasteiger partial charge in [-0.3, -0.25) is 4.79 Å². The van der Waals surface area contributed by atoms with Crippen LogP contribution in [0.1, 0.15) is 24.2 Å². The van der Waals surface area contributed by atoms with Gasteiger partial charge in [0, 0.05) is 0 Å². The number of carbonyl (C=O) groups excluding carboxylic acids is 1. The molecule has 5 nitrogen and oxygen atoms in total. The number of hydrogen-bond acceptors (Lipinski definition) is 5. The lowest BCUT2D eigenvalue weighted by Crippen LogP contribution is -2.25. The summed E-state index contributed by atoms with van der Waals surface area (Å²) in [6.45, 7) is 3.99. The predicted octanol–water partition coefficient (Wildman–Crippen LogP) is 1.67. The van der Waals surface area contributed by atoms with Gasteiger partial charge < -0.3 is 19.3 Å². The van der Waals surface area contributed by atoms with E-state index in [4.69, 9.17) is 14.2 Å². The molecular formula is C14H20O5. The molecule has 0 spiro atoms. The van der Waals surface area contributed by atoms with E-state index in [0.717, 1.165) is 0 Å². The van der Waals surface area contributed by atoms with Crippen LogP contribution >= 0.6 is 0 Å². The van der Waals surface area contributed by atoms with Gasteiger partial charge in [0.15, 0.2) is 17.8 Å². The van der Waals surface area contributed by atoms with Gasteiger partial charge in [-0.1, -0.05) is 6.07 Å². The number of aliphatic hydroxyl groups excluding tert-OH is 1. The highest BCUT2D eigenvalue weighted by atomic mass is 16.5. The molecule has 1 atom stereocenters. The van der Waals surface area contributed by atoms with Crippen molar-refractivity contribution in [2.75, 3.05) is 20.3 Å². The predicted molar refractivity (Wildman–Crippen MR) is 71.0 cm³/mol. The van der Waals surface area contributed by atoms with Crippen molar-refractivity contribution in [3.63, 3.8) is 0 Å². The number of hydrogen-bond donors (Lipinski definition) is 1. The molecular weight excluding hydrogens is 248 g/mol. The van der Waals surface area contributed by atoms with Crippen LogP contribution in [-0.2, 0) is 4.74 Å². The van der Waals surface area contributed by atoms with E-state index in [0.29, 0.717) is 23.3 Å². The molecule has 0 aromatic heterocycles. The van der Waals surface area contributed by atoms with Crippen LogP contribution in [0, 0.1) is 0 Å². The summed E-state index contributed by atoms with van der Waals surface area (Å²) in [5, 5.41) is 9.71. The average molecular weight is 268 g/mol. The zero-order chi connectivity index (χ0) is 14.3. The highest BCUT2D eigenvalue weighted by Crippen LogP contribution is 2.30. The zero-order valence-corrected chi connectivity index (χ0v) is 11.5. The van der Waals surface area contributed by atoms with E-state index in [9.17, 15) is 9.90 Å². The third-order valence-electron chi connectivity index (χ3n) is 2.40. The van der Waals surface area contributed by atoms with E-state index in [-0.39, 0.29) is 19.3 Å². The molecule has 5 heteroatoms. The number of aliphatic hydroxyl groups is 1. The van der Waals surface area contributed by atoms with Crippen LogP contribution < -0.4 is 9.47 Å². The van der Waals surface area contributed by atoms with Gasteiger partial charge in [-0.15, -0.1) is 0 Å². The fourth-order valence-corrected chi connectivity index (χ4v) is 1.47. The molecule has 1 aromatic carbocycles. The second kappa shape index (κ2) is 7.76. The summed E-state index contributed by atoms with van der Waals surface area (Å²) in [6.07, 6.45) is -0.0206. The van der Waals surface area contributed by atoms with Crippen LogP contribution in [0.5, 0.6) is 11.5 Å². The van der Waals surface area contributed by atoms with E-state index in [2.05, 4.69) is 0 Å². The number of methoxy groups -OCH3 is 1. The molecule has 0 saturated heterocycles. The molecule has 0 aliphatic rings. The van der Waals surface area contributed by atoms with Crippen molar-refractivity contribution < 1.29 is 24.1 Å². The molecule has 1 aromatic rings.